The van der Waals surface area contributed by atoms with E-state index in [1.807, 2.05) is 0 Å². The summed E-state index contributed by atoms with van der Waals surface area (Å²) in [6.45, 7) is 4.47. The van der Waals surface area contributed by atoms with Crippen LogP contribution in [0.25, 0.3) is 0 Å². The lowest BCUT2D eigenvalue weighted by atomic mass is 9.73. The second-order valence-corrected chi connectivity index (χ2v) is 5.87. The summed E-state index contributed by atoms with van der Waals surface area (Å²) in [5.41, 5.74) is 3.07. The van der Waals surface area contributed by atoms with Gasteiger partial charge in [0.1, 0.15) is 5.75 Å². The molecule has 0 bridgehead atoms. The Hall–Kier alpha value is -1.02. The van der Waals surface area contributed by atoms with Crippen LogP contribution < -0.4 is 10.1 Å². The van der Waals surface area contributed by atoms with Gasteiger partial charge in [0.15, 0.2) is 0 Å². The molecular weight excluding hydrogens is 234 g/mol. The highest BCUT2D eigenvalue weighted by Gasteiger charge is 2.39. The Morgan fingerprint density at radius 1 is 1.32 bits per heavy atom. The lowest BCUT2D eigenvalue weighted by Crippen LogP contribution is -2.34. The van der Waals surface area contributed by atoms with Gasteiger partial charge in [-0.3, -0.25) is 0 Å². The van der Waals surface area contributed by atoms with Gasteiger partial charge in [-0.2, -0.15) is 0 Å². The third-order valence-electron chi connectivity index (χ3n) is 4.96. The number of benzene rings is 1. The Balaban J connectivity index is 2.33. The molecule has 0 radical (unpaired) electrons. The number of rotatable bonds is 5. The molecule has 1 aromatic carbocycles. The predicted octanol–water partition coefficient (Wildman–Crippen LogP) is 4.23. The summed E-state index contributed by atoms with van der Waals surface area (Å²) >= 11 is 0. The Bertz CT molecular complexity index is 421. The van der Waals surface area contributed by atoms with Crippen molar-refractivity contribution in [2.75, 3.05) is 14.2 Å². The van der Waals surface area contributed by atoms with Crippen LogP contribution in [0.3, 0.4) is 0 Å². The summed E-state index contributed by atoms with van der Waals surface area (Å²) in [5, 5.41) is 3.58. The summed E-state index contributed by atoms with van der Waals surface area (Å²) in [6, 6.07) is 7.08. The first-order chi connectivity index (χ1) is 9.16. The van der Waals surface area contributed by atoms with Crippen LogP contribution in [0.4, 0.5) is 0 Å². The molecule has 0 aliphatic heterocycles. The molecule has 1 saturated carbocycles. The number of nitrogens with one attached hydrogen (secondary N) is 1. The second kappa shape index (κ2) is 5.96. The maximum atomic E-state index is 5.37. The van der Waals surface area contributed by atoms with E-state index >= 15 is 0 Å². The fourth-order valence-corrected chi connectivity index (χ4v) is 3.83. The zero-order chi connectivity index (χ0) is 13.9. The molecule has 0 heterocycles. The molecule has 106 valence electrons. The molecule has 2 heteroatoms. The van der Waals surface area contributed by atoms with Gasteiger partial charge in [0.25, 0.3) is 0 Å². The van der Waals surface area contributed by atoms with Crippen molar-refractivity contribution in [2.24, 2.45) is 5.41 Å². The molecule has 1 fully saturated rings. The summed E-state index contributed by atoms with van der Waals surface area (Å²) in [6.07, 6.45) is 6.70. The molecular formula is C17H27NO. The van der Waals surface area contributed by atoms with E-state index in [0.717, 1.165) is 5.75 Å². The molecule has 2 nitrogen and oxygen atoms in total. The van der Waals surface area contributed by atoms with Gasteiger partial charge >= 0.3 is 0 Å². The maximum absolute atomic E-state index is 5.37. The van der Waals surface area contributed by atoms with E-state index in [0.29, 0.717) is 11.5 Å². The normalized spacial score (nSPS) is 19.4. The van der Waals surface area contributed by atoms with Crippen LogP contribution in [0.15, 0.2) is 18.2 Å². The number of ether oxygens (including phenoxy) is 1. The largest absolute Gasteiger partial charge is 0.496 e. The van der Waals surface area contributed by atoms with Crippen LogP contribution in [0.1, 0.15) is 56.2 Å². The zero-order valence-corrected chi connectivity index (χ0v) is 12.8. The third-order valence-corrected chi connectivity index (χ3v) is 4.96. The third kappa shape index (κ3) is 2.64. The molecule has 1 aliphatic carbocycles. The van der Waals surface area contributed by atoms with Crippen LogP contribution in [-0.2, 0) is 0 Å². The first kappa shape index (κ1) is 14.4. The molecule has 0 aromatic heterocycles. The van der Waals surface area contributed by atoms with E-state index in [1.54, 1.807) is 7.11 Å². The van der Waals surface area contributed by atoms with E-state index in [-0.39, 0.29) is 0 Å². The Morgan fingerprint density at radius 3 is 2.47 bits per heavy atom. The minimum Gasteiger partial charge on any atom is -0.496 e. The Morgan fingerprint density at radius 2 is 2.00 bits per heavy atom. The van der Waals surface area contributed by atoms with Gasteiger partial charge < -0.3 is 10.1 Å². The second-order valence-electron chi connectivity index (χ2n) is 5.87. The van der Waals surface area contributed by atoms with Crippen molar-refractivity contribution < 1.29 is 4.74 Å². The number of aryl methyl sites for hydroxylation is 1. The molecule has 19 heavy (non-hydrogen) atoms. The monoisotopic (exact) mass is 261 g/mol. The van der Waals surface area contributed by atoms with Crippen molar-refractivity contribution in [1.82, 2.24) is 5.32 Å². The van der Waals surface area contributed by atoms with Gasteiger partial charge in [-0.05, 0) is 55.8 Å². The van der Waals surface area contributed by atoms with Crippen molar-refractivity contribution in [3.05, 3.63) is 29.3 Å². The minimum absolute atomic E-state index is 0.440. The van der Waals surface area contributed by atoms with Gasteiger partial charge in [0.05, 0.1) is 7.11 Å². The highest BCUT2D eigenvalue weighted by molar-refractivity contribution is 5.38. The van der Waals surface area contributed by atoms with Crippen LogP contribution in [0, 0.1) is 12.3 Å². The maximum Gasteiger partial charge on any atom is 0.121 e. The molecule has 1 N–H and O–H groups in total. The van der Waals surface area contributed by atoms with Crippen LogP contribution >= 0.6 is 0 Å². The van der Waals surface area contributed by atoms with Gasteiger partial charge in [-0.25, -0.2) is 0 Å². The highest BCUT2D eigenvalue weighted by atomic mass is 16.5. The van der Waals surface area contributed by atoms with E-state index in [9.17, 15) is 0 Å². The zero-order valence-electron chi connectivity index (χ0n) is 12.8. The van der Waals surface area contributed by atoms with Crippen molar-refractivity contribution in [2.45, 2.75) is 52.0 Å². The quantitative estimate of drug-likeness (QED) is 0.856. The molecule has 1 aliphatic rings. The van der Waals surface area contributed by atoms with E-state index in [1.165, 1.54) is 43.2 Å². The summed E-state index contributed by atoms with van der Waals surface area (Å²) in [7, 11) is 3.84. The molecule has 1 atom stereocenters. The summed E-state index contributed by atoms with van der Waals surface area (Å²) in [5.74, 6) is 0.982. The average molecular weight is 261 g/mol. The van der Waals surface area contributed by atoms with Crippen molar-refractivity contribution >= 4 is 0 Å². The van der Waals surface area contributed by atoms with Gasteiger partial charge in [0, 0.05) is 6.04 Å². The van der Waals surface area contributed by atoms with E-state index in [4.69, 9.17) is 4.74 Å². The molecule has 0 amide bonds. The number of hydrogen-bond acceptors (Lipinski definition) is 2. The molecule has 0 saturated heterocycles. The van der Waals surface area contributed by atoms with Crippen LogP contribution in [0.2, 0.25) is 0 Å². The van der Waals surface area contributed by atoms with Crippen LogP contribution in [0.5, 0.6) is 5.75 Å². The molecule has 1 unspecified atom stereocenters. The highest BCUT2D eigenvalue weighted by Crippen LogP contribution is 2.50. The SMILES string of the molecule is CCC1(C(NC)c2ccc(OC)c(C)c2)CCCC1. The lowest BCUT2D eigenvalue weighted by molar-refractivity contribution is 0.195. The van der Waals surface area contributed by atoms with Crippen LogP contribution in [-0.4, -0.2) is 14.2 Å². The molecule has 2 rings (SSSR count). The summed E-state index contributed by atoms with van der Waals surface area (Å²) < 4.78 is 5.37. The topological polar surface area (TPSA) is 21.3 Å². The fourth-order valence-electron chi connectivity index (χ4n) is 3.83. The molecule has 1 aromatic rings. The van der Waals surface area contributed by atoms with Gasteiger partial charge in [0.2, 0.25) is 0 Å². The Labute approximate surface area is 117 Å². The minimum atomic E-state index is 0.440. The first-order valence-electron chi connectivity index (χ1n) is 7.48. The van der Waals surface area contributed by atoms with Gasteiger partial charge in [-0.15, -0.1) is 0 Å². The van der Waals surface area contributed by atoms with E-state index in [2.05, 4.69) is 44.4 Å². The molecule has 0 spiro atoms. The lowest BCUT2D eigenvalue weighted by Gasteiger charge is -2.37. The van der Waals surface area contributed by atoms with Crippen molar-refractivity contribution in [1.29, 1.82) is 0 Å². The van der Waals surface area contributed by atoms with E-state index < -0.39 is 0 Å². The van der Waals surface area contributed by atoms with Crippen molar-refractivity contribution in [3.63, 3.8) is 0 Å². The standard InChI is InChI=1S/C17H27NO/c1-5-17(10-6-7-11-17)16(18-3)14-8-9-15(19-4)13(2)12-14/h8-9,12,16,18H,5-7,10-11H2,1-4H3. The van der Waals surface area contributed by atoms with Gasteiger partial charge in [-0.1, -0.05) is 31.9 Å². The average Bonchev–Trinajstić information content (AvgIpc) is 2.90. The Kier molecular flexibility index (Phi) is 4.51. The fraction of sp³-hybridized carbons (Fsp3) is 0.647. The number of hydrogen-bond donors (Lipinski definition) is 1. The smallest absolute Gasteiger partial charge is 0.121 e. The number of methoxy groups -OCH3 is 1. The first-order valence-corrected chi connectivity index (χ1v) is 7.48. The summed E-state index contributed by atoms with van der Waals surface area (Å²) in [4.78, 5) is 0. The predicted molar refractivity (Wildman–Crippen MR) is 80.7 cm³/mol. The van der Waals surface area contributed by atoms with Crippen molar-refractivity contribution in [3.8, 4) is 5.75 Å².